The van der Waals surface area contributed by atoms with Crippen LogP contribution in [0.25, 0.3) is 0 Å². The summed E-state index contributed by atoms with van der Waals surface area (Å²) < 4.78 is 1.85. The first-order chi connectivity index (χ1) is 10.0. The summed E-state index contributed by atoms with van der Waals surface area (Å²) in [6.45, 7) is 4.97. The van der Waals surface area contributed by atoms with Crippen LogP contribution in [0.3, 0.4) is 0 Å². The van der Waals surface area contributed by atoms with Gasteiger partial charge in [0.15, 0.2) is 5.82 Å². The molecule has 0 bridgehead atoms. The minimum atomic E-state index is -0.130. The van der Waals surface area contributed by atoms with Gasteiger partial charge in [0.1, 0.15) is 0 Å². The maximum absolute atomic E-state index is 12.4. The van der Waals surface area contributed by atoms with Crippen molar-refractivity contribution >= 4 is 29.4 Å². The lowest BCUT2D eigenvalue weighted by molar-refractivity contribution is -0.129. The number of thioether (sulfide) groups is 1. The highest BCUT2D eigenvalue weighted by Gasteiger charge is 2.31. The number of anilines is 1. The summed E-state index contributed by atoms with van der Waals surface area (Å²) in [7, 11) is 0. The van der Waals surface area contributed by atoms with Gasteiger partial charge in [-0.3, -0.25) is 14.3 Å². The van der Waals surface area contributed by atoms with Gasteiger partial charge in [-0.05, 0) is 19.1 Å². The molecule has 1 fully saturated rings. The number of nitrogens with zero attached hydrogens (tertiary/aromatic N) is 3. The fraction of sp³-hybridized carbons (Fsp3) is 0.643. The van der Waals surface area contributed by atoms with E-state index < -0.39 is 0 Å². The zero-order valence-electron chi connectivity index (χ0n) is 12.7. The van der Waals surface area contributed by atoms with Crippen LogP contribution >= 0.6 is 11.8 Å². The predicted molar refractivity (Wildman–Crippen MR) is 84.4 cm³/mol. The SMILES string of the molecule is CCC(SC)C(=O)N1CCC(n2ccc(NC(C)=O)n2)C1. The molecule has 7 heteroatoms. The standard InChI is InChI=1S/C14H22N4O2S/c1-4-12(21-3)14(20)17-7-5-11(9-17)18-8-6-13(16-18)15-10(2)19/h6,8,11-12H,4-5,7,9H2,1-3H3,(H,15,16,19). The topological polar surface area (TPSA) is 67.2 Å². The molecule has 1 aliphatic rings. The molecule has 2 heterocycles. The van der Waals surface area contributed by atoms with Crippen LogP contribution in [0.4, 0.5) is 5.82 Å². The summed E-state index contributed by atoms with van der Waals surface area (Å²) in [5, 5.41) is 7.07. The van der Waals surface area contributed by atoms with Gasteiger partial charge in [0.05, 0.1) is 11.3 Å². The summed E-state index contributed by atoms with van der Waals surface area (Å²) in [5.41, 5.74) is 0. The monoisotopic (exact) mass is 310 g/mol. The molecule has 2 rings (SSSR count). The van der Waals surface area contributed by atoms with Crippen molar-refractivity contribution in [3.63, 3.8) is 0 Å². The average molecular weight is 310 g/mol. The number of likely N-dealkylation sites (tertiary alicyclic amines) is 1. The number of hydrogen-bond donors (Lipinski definition) is 1. The van der Waals surface area contributed by atoms with Crippen LogP contribution in [0.5, 0.6) is 0 Å². The molecule has 0 aliphatic carbocycles. The Labute approximate surface area is 129 Å². The van der Waals surface area contributed by atoms with Crippen molar-refractivity contribution in [2.75, 3.05) is 24.7 Å². The Morgan fingerprint density at radius 2 is 2.33 bits per heavy atom. The summed E-state index contributed by atoms with van der Waals surface area (Å²) in [6, 6.07) is 1.97. The Bertz CT molecular complexity index is 513. The minimum absolute atomic E-state index is 0.0521. The molecule has 0 saturated carbocycles. The molecule has 1 N–H and O–H groups in total. The van der Waals surface area contributed by atoms with Gasteiger partial charge in [-0.15, -0.1) is 0 Å². The number of hydrogen-bond acceptors (Lipinski definition) is 4. The van der Waals surface area contributed by atoms with E-state index in [1.54, 1.807) is 17.8 Å². The molecular formula is C14H22N4O2S. The smallest absolute Gasteiger partial charge is 0.235 e. The van der Waals surface area contributed by atoms with Crippen molar-refractivity contribution in [1.29, 1.82) is 0 Å². The third kappa shape index (κ3) is 3.78. The zero-order chi connectivity index (χ0) is 15.4. The second-order valence-corrected chi connectivity index (χ2v) is 6.26. The average Bonchev–Trinajstić information content (AvgIpc) is 3.07. The molecule has 0 spiro atoms. The fourth-order valence-corrected chi connectivity index (χ4v) is 3.28. The van der Waals surface area contributed by atoms with E-state index >= 15 is 0 Å². The summed E-state index contributed by atoms with van der Waals surface area (Å²) >= 11 is 1.61. The van der Waals surface area contributed by atoms with Gasteiger partial charge in [-0.25, -0.2) is 0 Å². The van der Waals surface area contributed by atoms with Gasteiger partial charge in [0.25, 0.3) is 0 Å². The maximum atomic E-state index is 12.4. The Balaban J connectivity index is 1.97. The molecule has 2 unspecified atom stereocenters. The lowest BCUT2D eigenvalue weighted by Gasteiger charge is -2.21. The largest absolute Gasteiger partial charge is 0.340 e. The molecule has 6 nitrogen and oxygen atoms in total. The van der Waals surface area contributed by atoms with Gasteiger partial charge in [-0.1, -0.05) is 6.92 Å². The second-order valence-electron chi connectivity index (χ2n) is 5.22. The van der Waals surface area contributed by atoms with Crippen molar-refractivity contribution in [1.82, 2.24) is 14.7 Å². The summed E-state index contributed by atoms with van der Waals surface area (Å²) in [6.07, 6.45) is 5.59. The number of rotatable bonds is 5. The molecule has 0 radical (unpaired) electrons. The number of amides is 2. The Morgan fingerprint density at radius 3 is 2.95 bits per heavy atom. The van der Waals surface area contributed by atoms with E-state index in [2.05, 4.69) is 10.4 Å². The third-order valence-corrected chi connectivity index (χ3v) is 4.80. The maximum Gasteiger partial charge on any atom is 0.235 e. The molecule has 0 aromatic carbocycles. The highest BCUT2D eigenvalue weighted by Crippen LogP contribution is 2.25. The number of carbonyl (C=O) groups excluding carboxylic acids is 2. The van der Waals surface area contributed by atoms with E-state index in [9.17, 15) is 9.59 Å². The lowest BCUT2D eigenvalue weighted by atomic mass is 10.3. The first-order valence-corrected chi connectivity index (χ1v) is 8.48. The van der Waals surface area contributed by atoms with Gasteiger partial charge in [0.2, 0.25) is 11.8 Å². The number of carbonyl (C=O) groups is 2. The van der Waals surface area contributed by atoms with Crippen LogP contribution in [0, 0.1) is 0 Å². The van der Waals surface area contributed by atoms with Crippen LogP contribution in [-0.2, 0) is 9.59 Å². The van der Waals surface area contributed by atoms with E-state index in [0.29, 0.717) is 12.4 Å². The normalized spacial score (nSPS) is 19.6. The molecule has 1 aromatic rings. The highest BCUT2D eigenvalue weighted by molar-refractivity contribution is 7.99. The first kappa shape index (κ1) is 15.9. The van der Waals surface area contributed by atoms with Crippen molar-refractivity contribution in [3.8, 4) is 0 Å². The predicted octanol–water partition coefficient (Wildman–Crippen LogP) is 1.76. The van der Waals surface area contributed by atoms with Crippen LogP contribution in [0.2, 0.25) is 0 Å². The molecule has 2 atom stereocenters. The minimum Gasteiger partial charge on any atom is -0.340 e. The Kier molecular flexibility index (Phi) is 5.27. The lowest BCUT2D eigenvalue weighted by Crippen LogP contribution is -2.36. The van der Waals surface area contributed by atoms with Crippen molar-refractivity contribution in [2.24, 2.45) is 0 Å². The van der Waals surface area contributed by atoms with Crippen molar-refractivity contribution in [3.05, 3.63) is 12.3 Å². The Morgan fingerprint density at radius 1 is 1.57 bits per heavy atom. The van der Waals surface area contributed by atoms with E-state index in [0.717, 1.165) is 19.4 Å². The van der Waals surface area contributed by atoms with Gasteiger partial charge >= 0.3 is 0 Å². The first-order valence-electron chi connectivity index (χ1n) is 7.19. The molecule has 2 amide bonds. The fourth-order valence-electron chi connectivity index (χ4n) is 2.59. The van der Waals surface area contributed by atoms with Crippen molar-refractivity contribution < 1.29 is 9.59 Å². The summed E-state index contributed by atoms with van der Waals surface area (Å²) in [5.74, 6) is 0.652. The van der Waals surface area contributed by atoms with Crippen LogP contribution in [0.1, 0.15) is 32.7 Å². The molecule has 1 saturated heterocycles. The van der Waals surface area contributed by atoms with Crippen LogP contribution in [0.15, 0.2) is 12.3 Å². The number of nitrogens with one attached hydrogen (secondary N) is 1. The van der Waals surface area contributed by atoms with E-state index in [1.807, 2.05) is 29.0 Å². The van der Waals surface area contributed by atoms with Crippen LogP contribution < -0.4 is 5.32 Å². The molecule has 116 valence electrons. The Hall–Kier alpha value is -1.50. The van der Waals surface area contributed by atoms with Gasteiger partial charge in [0, 0.05) is 32.3 Å². The van der Waals surface area contributed by atoms with Gasteiger partial charge in [-0.2, -0.15) is 16.9 Å². The summed E-state index contributed by atoms with van der Waals surface area (Å²) in [4.78, 5) is 25.3. The zero-order valence-corrected chi connectivity index (χ0v) is 13.5. The number of aromatic nitrogens is 2. The molecular weight excluding hydrogens is 288 g/mol. The van der Waals surface area contributed by atoms with E-state index in [1.165, 1.54) is 6.92 Å². The van der Waals surface area contributed by atoms with Crippen molar-refractivity contribution in [2.45, 2.75) is 38.0 Å². The third-order valence-electron chi connectivity index (χ3n) is 3.69. The highest BCUT2D eigenvalue weighted by atomic mass is 32.2. The second kappa shape index (κ2) is 6.98. The molecule has 21 heavy (non-hydrogen) atoms. The van der Waals surface area contributed by atoms with Crippen LogP contribution in [-0.4, -0.2) is 51.1 Å². The van der Waals surface area contributed by atoms with E-state index in [-0.39, 0.29) is 23.1 Å². The van der Waals surface area contributed by atoms with E-state index in [4.69, 9.17) is 0 Å². The quantitative estimate of drug-likeness (QED) is 0.900. The molecule has 1 aromatic heterocycles. The molecule has 1 aliphatic heterocycles. The van der Waals surface area contributed by atoms with Gasteiger partial charge < -0.3 is 10.2 Å².